The molecule has 7 nitrogen and oxygen atoms in total. The van der Waals surface area contributed by atoms with Crippen LogP contribution in [-0.2, 0) is 21.9 Å². The first-order chi connectivity index (χ1) is 7.34. The first-order valence-electron chi connectivity index (χ1n) is 4.10. The van der Waals surface area contributed by atoms with E-state index in [9.17, 15) is 13.2 Å². The fourth-order valence-electron chi connectivity index (χ4n) is 0.798. The quantitative estimate of drug-likeness (QED) is 0.684. The van der Waals surface area contributed by atoms with E-state index in [0.717, 1.165) is 11.3 Å². The summed E-state index contributed by atoms with van der Waals surface area (Å²) in [6.07, 6.45) is 0.186. The molecule has 1 rings (SSSR count). The summed E-state index contributed by atoms with van der Waals surface area (Å²) < 4.78 is 22.9. The summed E-state index contributed by atoms with van der Waals surface area (Å²) in [7, 11) is -2.37. The topological polar surface area (TPSA) is 107 Å². The molecule has 0 saturated heterocycles. The number of rotatable bonds is 3. The number of aromatic nitrogens is 2. The highest BCUT2D eigenvalue weighted by Crippen LogP contribution is 2.04. The number of carbonyl (C=O) groups is 1. The van der Waals surface area contributed by atoms with Gasteiger partial charge in [0.15, 0.2) is 0 Å². The number of thiol groups is 1. The van der Waals surface area contributed by atoms with Gasteiger partial charge in [-0.3, -0.25) is 4.79 Å². The van der Waals surface area contributed by atoms with Gasteiger partial charge >= 0.3 is 0 Å². The van der Waals surface area contributed by atoms with Gasteiger partial charge in [-0.05, 0) is 5.75 Å². The van der Waals surface area contributed by atoms with Gasteiger partial charge in [0.25, 0.3) is 10.0 Å². The van der Waals surface area contributed by atoms with Crippen molar-refractivity contribution >= 4 is 39.9 Å². The van der Waals surface area contributed by atoms with Crippen LogP contribution in [0.15, 0.2) is 9.33 Å². The van der Waals surface area contributed by atoms with Gasteiger partial charge in [-0.1, -0.05) is 11.3 Å². The lowest BCUT2D eigenvalue weighted by Crippen LogP contribution is -2.15. The molecule has 0 aromatic carbocycles. The van der Waals surface area contributed by atoms with Crippen LogP contribution in [0.25, 0.3) is 0 Å². The molecule has 0 saturated carbocycles. The lowest BCUT2D eigenvalue weighted by atomic mass is 10.5. The molecule has 0 aliphatic heterocycles. The summed E-state index contributed by atoms with van der Waals surface area (Å²) in [5.41, 5.74) is 0. The van der Waals surface area contributed by atoms with Crippen molar-refractivity contribution in [1.29, 1.82) is 0 Å². The number of amides is 1. The van der Waals surface area contributed by atoms with Gasteiger partial charge in [0.05, 0.1) is 0 Å². The van der Waals surface area contributed by atoms with Gasteiger partial charge in [0.1, 0.15) is 0 Å². The van der Waals surface area contributed by atoms with Crippen LogP contribution < -0.4 is 9.94 Å². The molecular formula is C6H10N4O3S3. The van der Waals surface area contributed by atoms with Crippen molar-refractivity contribution < 1.29 is 13.2 Å². The number of aryl methyl sites for hydroxylation is 1. The molecule has 0 atom stereocenters. The van der Waals surface area contributed by atoms with Crippen LogP contribution in [0.2, 0.25) is 0 Å². The SMILES string of the molecule is Cn1nc(S(N)(=O)=O)sc1=NC(=O)CCS. The minimum atomic E-state index is -3.85. The monoisotopic (exact) mass is 282 g/mol. The molecule has 0 fully saturated rings. The highest BCUT2D eigenvalue weighted by atomic mass is 32.2. The van der Waals surface area contributed by atoms with E-state index in [0.29, 0.717) is 5.75 Å². The number of primary sulfonamides is 1. The van der Waals surface area contributed by atoms with Gasteiger partial charge in [-0.25, -0.2) is 18.2 Å². The van der Waals surface area contributed by atoms with E-state index in [1.165, 1.54) is 11.7 Å². The average molecular weight is 282 g/mol. The van der Waals surface area contributed by atoms with Crippen molar-refractivity contribution in [2.75, 3.05) is 5.75 Å². The Morgan fingerprint density at radius 3 is 2.75 bits per heavy atom. The maximum absolute atomic E-state index is 11.2. The Morgan fingerprint density at radius 1 is 1.69 bits per heavy atom. The third-order valence-corrected chi connectivity index (χ3v) is 4.01. The number of sulfonamides is 1. The summed E-state index contributed by atoms with van der Waals surface area (Å²) in [5.74, 6) is 0.00241. The highest BCUT2D eigenvalue weighted by Gasteiger charge is 2.14. The normalized spacial score (nSPS) is 13.1. The van der Waals surface area contributed by atoms with Crippen LogP contribution in [-0.4, -0.2) is 29.9 Å². The van der Waals surface area contributed by atoms with Crippen molar-refractivity contribution in [3.63, 3.8) is 0 Å². The van der Waals surface area contributed by atoms with Gasteiger partial charge in [0, 0.05) is 13.5 Å². The fraction of sp³-hybridized carbons (Fsp3) is 0.500. The molecule has 0 radical (unpaired) electrons. The largest absolute Gasteiger partial charge is 0.272 e. The van der Waals surface area contributed by atoms with E-state index in [1.807, 2.05) is 0 Å². The number of carbonyl (C=O) groups excluding carboxylic acids is 1. The maximum Gasteiger partial charge on any atom is 0.267 e. The van der Waals surface area contributed by atoms with E-state index in [1.54, 1.807) is 0 Å². The predicted molar refractivity (Wildman–Crippen MR) is 61.5 cm³/mol. The first-order valence-corrected chi connectivity index (χ1v) is 7.09. The van der Waals surface area contributed by atoms with Crippen LogP contribution in [0.5, 0.6) is 0 Å². The van der Waals surface area contributed by atoms with E-state index in [-0.39, 0.29) is 21.5 Å². The Kier molecular flexibility index (Phi) is 4.24. The Hall–Kier alpha value is -0.710. The average Bonchev–Trinajstić information content (AvgIpc) is 2.47. The molecular weight excluding hydrogens is 272 g/mol. The molecule has 90 valence electrons. The van der Waals surface area contributed by atoms with Gasteiger partial charge in [0.2, 0.25) is 15.0 Å². The summed E-state index contributed by atoms with van der Waals surface area (Å²) in [4.78, 5) is 15.1. The standard InChI is InChI=1S/C6H10N4O3S3/c1-10-5(8-4(11)2-3-14)15-6(9-10)16(7,12)13/h14H,2-3H2,1H3,(H2,7,12,13). The summed E-state index contributed by atoms with van der Waals surface area (Å²) in [6, 6.07) is 0. The molecule has 1 heterocycles. The zero-order valence-electron chi connectivity index (χ0n) is 8.32. The first kappa shape index (κ1) is 13.4. The molecule has 0 unspecified atom stereocenters. The van der Waals surface area contributed by atoms with Crippen LogP contribution in [0, 0.1) is 0 Å². The second-order valence-electron chi connectivity index (χ2n) is 2.80. The van der Waals surface area contributed by atoms with Crippen molar-refractivity contribution in [2.24, 2.45) is 17.2 Å². The number of nitrogens with zero attached hydrogens (tertiary/aromatic N) is 3. The predicted octanol–water partition coefficient (Wildman–Crippen LogP) is -1.12. The summed E-state index contributed by atoms with van der Waals surface area (Å²) in [5, 5.41) is 8.55. The van der Waals surface area contributed by atoms with E-state index >= 15 is 0 Å². The fourth-order valence-corrected chi connectivity index (χ4v) is 2.55. The van der Waals surface area contributed by atoms with E-state index < -0.39 is 10.0 Å². The Bertz CT molecular complexity index is 556. The molecule has 1 amide bonds. The van der Waals surface area contributed by atoms with Crippen molar-refractivity contribution in [1.82, 2.24) is 9.78 Å². The lowest BCUT2D eigenvalue weighted by Gasteiger charge is -1.88. The highest BCUT2D eigenvalue weighted by molar-refractivity contribution is 7.91. The summed E-state index contributed by atoms with van der Waals surface area (Å²) >= 11 is 4.63. The minimum absolute atomic E-state index is 0.186. The van der Waals surface area contributed by atoms with E-state index in [4.69, 9.17) is 5.14 Å². The Morgan fingerprint density at radius 2 is 2.31 bits per heavy atom. The molecule has 0 aliphatic carbocycles. The Balaban J connectivity index is 3.17. The zero-order chi connectivity index (χ0) is 12.3. The second kappa shape index (κ2) is 5.08. The van der Waals surface area contributed by atoms with E-state index in [2.05, 4.69) is 22.7 Å². The number of hydrogen-bond acceptors (Lipinski definition) is 6. The third kappa shape index (κ3) is 3.40. The molecule has 1 aromatic heterocycles. The third-order valence-electron chi connectivity index (χ3n) is 1.48. The van der Waals surface area contributed by atoms with Crippen LogP contribution >= 0.6 is 24.0 Å². The molecule has 16 heavy (non-hydrogen) atoms. The van der Waals surface area contributed by atoms with Crippen molar-refractivity contribution in [3.8, 4) is 0 Å². The molecule has 1 aromatic rings. The minimum Gasteiger partial charge on any atom is -0.272 e. The van der Waals surface area contributed by atoms with Crippen LogP contribution in [0.4, 0.5) is 0 Å². The van der Waals surface area contributed by atoms with Gasteiger partial charge < -0.3 is 0 Å². The number of nitrogens with two attached hydrogens (primary N) is 1. The molecule has 2 N–H and O–H groups in total. The molecule has 0 spiro atoms. The van der Waals surface area contributed by atoms with Gasteiger partial charge in [-0.15, -0.1) is 5.10 Å². The van der Waals surface area contributed by atoms with Crippen LogP contribution in [0.3, 0.4) is 0 Å². The second-order valence-corrected chi connectivity index (χ2v) is 5.94. The summed E-state index contributed by atoms with van der Waals surface area (Å²) in [6.45, 7) is 0. The number of hydrogen-bond donors (Lipinski definition) is 2. The molecule has 0 aliphatic rings. The maximum atomic E-state index is 11.2. The molecule has 10 heteroatoms. The van der Waals surface area contributed by atoms with Crippen LogP contribution in [0.1, 0.15) is 6.42 Å². The smallest absolute Gasteiger partial charge is 0.267 e. The molecule has 0 bridgehead atoms. The van der Waals surface area contributed by atoms with Gasteiger partial charge in [-0.2, -0.15) is 17.6 Å². The lowest BCUT2D eigenvalue weighted by molar-refractivity contribution is -0.117. The van der Waals surface area contributed by atoms with Crippen molar-refractivity contribution in [2.45, 2.75) is 10.8 Å². The zero-order valence-corrected chi connectivity index (χ0v) is 10.8. The van der Waals surface area contributed by atoms with Crippen molar-refractivity contribution in [3.05, 3.63) is 4.80 Å². The Labute approximate surface area is 101 Å².